The van der Waals surface area contributed by atoms with Crippen molar-refractivity contribution >= 4 is 17.8 Å². The van der Waals surface area contributed by atoms with Gasteiger partial charge in [0, 0.05) is 17.7 Å². The smallest absolute Gasteiger partial charge is 0.328 e. The van der Waals surface area contributed by atoms with Crippen LogP contribution in [-0.2, 0) is 9.53 Å². The molecule has 21 heavy (non-hydrogen) atoms. The minimum Gasteiger partial charge on any atom is -0.467 e. The van der Waals surface area contributed by atoms with Gasteiger partial charge in [-0.1, -0.05) is 6.07 Å². The zero-order valence-electron chi connectivity index (χ0n) is 11.9. The Labute approximate surface area is 122 Å². The monoisotopic (exact) mass is 290 g/mol. The lowest BCUT2D eigenvalue weighted by Gasteiger charge is -2.33. The molecule has 112 valence electrons. The van der Waals surface area contributed by atoms with E-state index in [-0.39, 0.29) is 11.5 Å². The quantitative estimate of drug-likeness (QED) is 0.839. The number of piperidine rings is 1. The summed E-state index contributed by atoms with van der Waals surface area (Å²) in [6.45, 7) is 0.499. The van der Waals surface area contributed by atoms with Crippen molar-refractivity contribution < 1.29 is 19.1 Å². The summed E-state index contributed by atoms with van der Waals surface area (Å²) in [5.41, 5.74) is 5.84. The van der Waals surface area contributed by atoms with Gasteiger partial charge in [-0.05, 0) is 37.5 Å². The third-order valence-corrected chi connectivity index (χ3v) is 3.63. The Morgan fingerprint density at radius 2 is 1.95 bits per heavy atom. The van der Waals surface area contributed by atoms with Gasteiger partial charge in [-0.3, -0.25) is 9.59 Å². The average Bonchev–Trinajstić information content (AvgIpc) is 2.53. The topological polar surface area (TPSA) is 89.7 Å². The summed E-state index contributed by atoms with van der Waals surface area (Å²) in [7, 11) is 1.31. The first kappa shape index (κ1) is 15.0. The van der Waals surface area contributed by atoms with Crippen LogP contribution in [0, 0.1) is 0 Å². The molecule has 1 saturated heterocycles. The minimum absolute atomic E-state index is 0.271. The van der Waals surface area contributed by atoms with Gasteiger partial charge in [0.1, 0.15) is 6.04 Å². The molecule has 2 amide bonds. The van der Waals surface area contributed by atoms with Crippen LogP contribution in [0.15, 0.2) is 24.3 Å². The van der Waals surface area contributed by atoms with Crippen LogP contribution in [0.25, 0.3) is 0 Å². The standard InChI is InChI=1S/C15H18N2O4/c1-21-15(20)12-7-2-3-8-17(12)14(19)11-6-4-5-10(9-11)13(16)18/h4-6,9,12H,2-3,7-8H2,1H3,(H2,16,18). The van der Waals surface area contributed by atoms with E-state index in [0.717, 1.165) is 12.8 Å². The van der Waals surface area contributed by atoms with E-state index in [2.05, 4.69) is 0 Å². The fourth-order valence-corrected chi connectivity index (χ4v) is 2.53. The van der Waals surface area contributed by atoms with E-state index >= 15 is 0 Å². The molecule has 0 spiro atoms. The molecule has 0 radical (unpaired) electrons. The van der Waals surface area contributed by atoms with E-state index in [1.807, 2.05) is 0 Å². The molecule has 0 saturated carbocycles. The van der Waals surface area contributed by atoms with Gasteiger partial charge < -0.3 is 15.4 Å². The lowest BCUT2D eigenvalue weighted by atomic mass is 10.00. The lowest BCUT2D eigenvalue weighted by molar-refractivity contribution is -0.147. The van der Waals surface area contributed by atoms with Crippen LogP contribution in [0.1, 0.15) is 40.0 Å². The van der Waals surface area contributed by atoms with Crippen molar-refractivity contribution in [2.45, 2.75) is 25.3 Å². The fraction of sp³-hybridized carbons (Fsp3) is 0.400. The van der Waals surface area contributed by atoms with Gasteiger partial charge in [0.05, 0.1) is 7.11 Å². The molecule has 1 heterocycles. The Bertz CT molecular complexity index is 571. The van der Waals surface area contributed by atoms with Crippen molar-refractivity contribution in [3.8, 4) is 0 Å². The average molecular weight is 290 g/mol. The van der Waals surface area contributed by atoms with Gasteiger partial charge in [-0.2, -0.15) is 0 Å². The van der Waals surface area contributed by atoms with E-state index in [1.54, 1.807) is 18.2 Å². The highest BCUT2D eigenvalue weighted by Gasteiger charge is 2.33. The number of carbonyl (C=O) groups excluding carboxylic acids is 3. The summed E-state index contributed by atoms with van der Waals surface area (Å²) >= 11 is 0. The maximum atomic E-state index is 12.6. The van der Waals surface area contributed by atoms with Crippen molar-refractivity contribution in [3.63, 3.8) is 0 Å². The Balaban J connectivity index is 2.26. The SMILES string of the molecule is COC(=O)C1CCCCN1C(=O)c1cccc(C(N)=O)c1. The minimum atomic E-state index is -0.590. The van der Waals surface area contributed by atoms with Crippen molar-refractivity contribution in [1.29, 1.82) is 0 Å². The molecule has 0 aliphatic carbocycles. The van der Waals surface area contributed by atoms with Gasteiger partial charge >= 0.3 is 5.97 Å². The molecule has 1 unspecified atom stereocenters. The summed E-state index contributed by atoms with van der Waals surface area (Å²) in [6, 6.07) is 5.65. The summed E-state index contributed by atoms with van der Waals surface area (Å²) in [4.78, 5) is 37.1. The van der Waals surface area contributed by atoms with Gasteiger partial charge in [-0.25, -0.2) is 4.79 Å². The number of rotatable bonds is 3. The van der Waals surface area contributed by atoms with Crippen molar-refractivity contribution in [1.82, 2.24) is 4.90 Å². The second-order valence-electron chi connectivity index (χ2n) is 4.98. The molecule has 2 N–H and O–H groups in total. The highest BCUT2D eigenvalue weighted by atomic mass is 16.5. The second-order valence-corrected chi connectivity index (χ2v) is 4.98. The number of primary amides is 1. The first-order valence-corrected chi connectivity index (χ1v) is 6.83. The van der Waals surface area contributed by atoms with E-state index in [9.17, 15) is 14.4 Å². The predicted octanol–water partition coefficient (Wildman–Crippen LogP) is 0.953. The first-order valence-electron chi connectivity index (χ1n) is 6.83. The van der Waals surface area contributed by atoms with E-state index in [0.29, 0.717) is 18.5 Å². The van der Waals surface area contributed by atoms with Crippen molar-refractivity contribution in [2.24, 2.45) is 5.73 Å². The zero-order chi connectivity index (χ0) is 15.4. The highest BCUT2D eigenvalue weighted by molar-refractivity contribution is 6.00. The number of hydrogen-bond acceptors (Lipinski definition) is 4. The number of esters is 1. The number of likely N-dealkylation sites (tertiary alicyclic amines) is 1. The number of benzene rings is 1. The van der Waals surface area contributed by atoms with E-state index in [1.165, 1.54) is 18.1 Å². The molecule has 1 aliphatic heterocycles. The molecule has 0 aromatic heterocycles. The predicted molar refractivity (Wildman–Crippen MR) is 75.7 cm³/mol. The highest BCUT2D eigenvalue weighted by Crippen LogP contribution is 2.21. The molecular formula is C15H18N2O4. The summed E-state index contributed by atoms with van der Waals surface area (Å²) < 4.78 is 4.76. The second kappa shape index (κ2) is 6.39. The van der Waals surface area contributed by atoms with Crippen LogP contribution in [-0.4, -0.2) is 42.4 Å². The van der Waals surface area contributed by atoms with Crippen molar-refractivity contribution in [2.75, 3.05) is 13.7 Å². The van der Waals surface area contributed by atoms with Crippen LogP contribution in [0.4, 0.5) is 0 Å². The molecule has 0 bridgehead atoms. The summed E-state index contributed by atoms with van der Waals surface area (Å²) in [5, 5.41) is 0. The Morgan fingerprint density at radius 1 is 1.24 bits per heavy atom. The molecule has 1 fully saturated rings. The van der Waals surface area contributed by atoms with Crippen LogP contribution in [0.3, 0.4) is 0 Å². The molecule has 1 atom stereocenters. The van der Waals surface area contributed by atoms with Crippen LogP contribution in [0.2, 0.25) is 0 Å². The van der Waals surface area contributed by atoms with Crippen LogP contribution < -0.4 is 5.73 Å². The fourth-order valence-electron chi connectivity index (χ4n) is 2.53. The summed E-state index contributed by atoms with van der Waals surface area (Å²) in [5.74, 6) is -1.28. The first-order chi connectivity index (χ1) is 10.0. The number of methoxy groups -OCH3 is 1. The lowest BCUT2D eigenvalue weighted by Crippen LogP contribution is -2.48. The van der Waals surface area contributed by atoms with E-state index < -0.39 is 17.9 Å². The van der Waals surface area contributed by atoms with Crippen molar-refractivity contribution in [3.05, 3.63) is 35.4 Å². The number of carbonyl (C=O) groups is 3. The molecule has 2 rings (SSSR count). The number of nitrogens with two attached hydrogens (primary N) is 1. The molecule has 6 nitrogen and oxygen atoms in total. The van der Waals surface area contributed by atoms with Crippen LogP contribution >= 0.6 is 0 Å². The number of nitrogens with zero attached hydrogens (tertiary/aromatic N) is 1. The number of amides is 2. The molecule has 1 aromatic rings. The van der Waals surface area contributed by atoms with E-state index in [4.69, 9.17) is 10.5 Å². The Morgan fingerprint density at radius 3 is 2.62 bits per heavy atom. The summed E-state index contributed by atoms with van der Waals surface area (Å²) in [6.07, 6.45) is 2.31. The Hall–Kier alpha value is -2.37. The number of ether oxygens (including phenoxy) is 1. The Kier molecular flexibility index (Phi) is 4.57. The number of hydrogen-bond donors (Lipinski definition) is 1. The normalized spacial score (nSPS) is 18.1. The third-order valence-electron chi connectivity index (χ3n) is 3.63. The molecule has 1 aromatic carbocycles. The molecule has 1 aliphatic rings. The zero-order valence-corrected chi connectivity index (χ0v) is 11.9. The van der Waals surface area contributed by atoms with Crippen LogP contribution in [0.5, 0.6) is 0 Å². The maximum absolute atomic E-state index is 12.6. The van der Waals surface area contributed by atoms with Gasteiger partial charge in [-0.15, -0.1) is 0 Å². The molecular weight excluding hydrogens is 272 g/mol. The van der Waals surface area contributed by atoms with Gasteiger partial charge in [0.2, 0.25) is 5.91 Å². The maximum Gasteiger partial charge on any atom is 0.328 e. The van der Waals surface area contributed by atoms with Gasteiger partial charge in [0.15, 0.2) is 0 Å². The molecule has 6 heteroatoms. The third kappa shape index (κ3) is 3.21. The largest absolute Gasteiger partial charge is 0.467 e. The van der Waals surface area contributed by atoms with Gasteiger partial charge in [0.25, 0.3) is 5.91 Å².